The number of halogens is 4. The number of benzene rings is 1. The molecular formula is C18H20ClF3N4. The predicted octanol–water partition coefficient (Wildman–Crippen LogP) is 5.98. The van der Waals surface area contributed by atoms with Crippen LogP contribution in [0.1, 0.15) is 50.3 Å². The Morgan fingerprint density at radius 3 is 2.62 bits per heavy atom. The lowest BCUT2D eigenvalue weighted by molar-refractivity contribution is -0.136. The Balaban J connectivity index is 1.97. The van der Waals surface area contributed by atoms with Gasteiger partial charge < -0.3 is 10.6 Å². The van der Waals surface area contributed by atoms with Gasteiger partial charge in [-0.05, 0) is 38.3 Å². The largest absolute Gasteiger partial charge is 0.418 e. The smallest absolute Gasteiger partial charge is 0.352 e. The Hall–Kier alpha value is -2.02. The summed E-state index contributed by atoms with van der Waals surface area (Å²) in [5.74, 6) is 1.04. The lowest BCUT2D eigenvalue weighted by Crippen LogP contribution is -2.17. The average molecular weight is 385 g/mol. The van der Waals surface area contributed by atoms with E-state index in [4.69, 9.17) is 11.6 Å². The molecule has 0 bridgehead atoms. The molecule has 2 N–H and O–H groups in total. The number of hydrogen-bond acceptors (Lipinski definition) is 4. The van der Waals surface area contributed by atoms with Crippen LogP contribution in [0.15, 0.2) is 24.3 Å². The SMILES string of the molecule is CC[C@@H](C)Nc1nc(Nc2c(Cl)cccc2C(F)(F)F)cc(C2CC2)n1. The molecule has 0 unspecified atom stereocenters. The van der Waals surface area contributed by atoms with E-state index in [1.807, 2.05) is 13.8 Å². The van der Waals surface area contributed by atoms with E-state index in [1.165, 1.54) is 12.1 Å². The monoisotopic (exact) mass is 384 g/mol. The highest BCUT2D eigenvalue weighted by molar-refractivity contribution is 6.33. The van der Waals surface area contributed by atoms with Crippen LogP contribution in [0, 0.1) is 0 Å². The van der Waals surface area contributed by atoms with E-state index in [9.17, 15) is 13.2 Å². The highest BCUT2D eigenvalue weighted by Crippen LogP contribution is 2.42. The number of nitrogens with one attached hydrogen (secondary N) is 2. The van der Waals surface area contributed by atoms with E-state index in [-0.39, 0.29) is 16.8 Å². The quantitative estimate of drug-likeness (QED) is 0.643. The third kappa shape index (κ3) is 4.38. The fourth-order valence-corrected chi connectivity index (χ4v) is 2.74. The van der Waals surface area contributed by atoms with Crippen LogP contribution in [0.5, 0.6) is 0 Å². The van der Waals surface area contributed by atoms with Gasteiger partial charge in [0, 0.05) is 18.0 Å². The minimum Gasteiger partial charge on any atom is -0.352 e. The normalized spacial score (nSPS) is 15.6. The summed E-state index contributed by atoms with van der Waals surface area (Å²) in [5, 5.41) is 5.93. The Bertz CT molecular complexity index is 790. The van der Waals surface area contributed by atoms with Gasteiger partial charge in [-0.3, -0.25) is 0 Å². The summed E-state index contributed by atoms with van der Waals surface area (Å²) in [4.78, 5) is 8.83. The zero-order valence-electron chi connectivity index (χ0n) is 14.5. The molecule has 0 aliphatic heterocycles. The predicted molar refractivity (Wildman–Crippen MR) is 97.1 cm³/mol. The number of alkyl halides is 3. The van der Waals surface area contributed by atoms with Crippen LogP contribution in [0.25, 0.3) is 0 Å². The highest BCUT2D eigenvalue weighted by Gasteiger charge is 2.34. The van der Waals surface area contributed by atoms with Crippen molar-refractivity contribution in [1.29, 1.82) is 0 Å². The summed E-state index contributed by atoms with van der Waals surface area (Å²) >= 11 is 6.03. The number of anilines is 3. The molecule has 0 saturated heterocycles. The Morgan fingerprint density at radius 2 is 2.00 bits per heavy atom. The Kier molecular flexibility index (Phi) is 5.27. The van der Waals surface area contributed by atoms with E-state index in [0.717, 1.165) is 31.0 Å². The van der Waals surface area contributed by atoms with Gasteiger partial charge in [0.2, 0.25) is 5.95 Å². The van der Waals surface area contributed by atoms with Gasteiger partial charge in [0.05, 0.1) is 22.0 Å². The lowest BCUT2D eigenvalue weighted by atomic mass is 10.1. The molecule has 1 atom stereocenters. The van der Waals surface area contributed by atoms with Crippen molar-refractivity contribution >= 4 is 29.1 Å². The lowest BCUT2D eigenvalue weighted by Gasteiger charge is -2.17. The van der Waals surface area contributed by atoms with Crippen LogP contribution < -0.4 is 10.6 Å². The summed E-state index contributed by atoms with van der Waals surface area (Å²) in [6.45, 7) is 4.02. The van der Waals surface area contributed by atoms with Gasteiger partial charge in [-0.2, -0.15) is 18.2 Å². The second-order valence-corrected chi connectivity index (χ2v) is 6.92. The van der Waals surface area contributed by atoms with Crippen molar-refractivity contribution in [2.24, 2.45) is 0 Å². The van der Waals surface area contributed by atoms with E-state index >= 15 is 0 Å². The molecule has 1 aromatic carbocycles. The van der Waals surface area contributed by atoms with Gasteiger partial charge in [0.1, 0.15) is 5.82 Å². The Morgan fingerprint density at radius 1 is 1.27 bits per heavy atom. The van der Waals surface area contributed by atoms with Crippen molar-refractivity contribution in [2.45, 2.75) is 51.2 Å². The Labute approximate surface area is 155 Å². The molecule has 1 aromatic heterocycles. The standard InChI is InChI=1S/C18H20ClF3N4/c1-3-10(2)23-17-24-14(11-7-8-11)9-15(26-17)25-16-12(18(20,21)22)5-4-6-13(16)19/h4-6,9-11H,3,7-8H2,1-2H3,(H2,23,24,25,26)/t10-/m1/s1. The summed E-state index contributed by atoms with van der Waals surface area (Å²) in [7, 11) is 0. The molecule has 0 spiro atoms. The van der Waals surface area contributed by atoms with Gasteiger partial charge in [0.25, 0.3) is 0 Å². The fraction of sp³-hybridized carbons (Fsp3) is 0.444. The molecule has 8 heteroatoms. The van der Waals surface area contributed by atoms with E-state index in [2.05, 4.69) is 20.6 Å². The number of nitrogens with zero attached hydrogens (tertiary/aromatic N) is 2. The number of aromatic nitrogens is 2. The molecule has 1 aliphatic rings. The third-order valence-electron chi connectivity index (χ3n) is 4.30. The van der Waals surface area contributed by atoms with Crippen molar-refractivity contribution in [3.63, 3.8) is 0 Å². The van der Waals surface area contributed by atoms with E-state index in [1.54, 1.807) is 6.07 Å². The van der Waals surface area contributed by atoms with Gasteiger partial charge in [-0.15, -0.1) is 0 Å². The maximum atomic E-state index is 13.3. The molecular weight excluding hydrogens is 365 g/mol. The summed E-state index contributed by atoms with van der Waals surface area (Å²) in [6, 6.07) is 5.55. The van der Waals surface area contributed by atoms with Crippen molar-refractivity contribution in [1.82, 2.24) is 9.97 Å². The van der Waals surface area contributed by atoms with Crippen LogP contribution in [0.4, 0.5) is 30.6 Å². The first-order chi connectivity index (χ1) is 12.3. The topological polar surface area (TPSA) is 49.8 Å². The first-order valence-electron chi connectivity index (χ1n) is 8.56. The zero-order chi connectivity index (χ0) is 18.9. The summed E-state index contributed by atoms with van der Waals surface area (Å²) < 4.78 is 39.9. The molecule has 0 radical (unpaired) electrons. The third-order valence-corrected chi connectivity index (χ3v) is 4.62. The van der Waals surface area contributed by atoms with Crippen molar-refractivity contribution < 1.29 is 13.2 Å². The van der Waals surface area contributed by atoms with Crippen LogP contribution in [0.3, 0.4) is 0 Å². The van der Waals surface area contributed by atoms with Gasteiger partial charge in [0.15, 0.2) is 0 Å². The molecule has 2 aromatic rings. The molecule has 1 heterocycles. The van der Waals surface area contributed by atoms with Crippen LogP contribution in [0.2, 0.25) is 5.02 Å². The fourth-order valence-electron chi connectivity index (χ4n) is 2.52. The van der Waals surface area contributed by atoms with Gasteiger partial charge in [-0.1, -0.05) is 24.6 Å². The molecule has 3 rings (SSSR count). The van der Waals surface area contributed by atoms with Crippen LogP contribution in [-0.4, -0.2) is 16.0 Å². The van der Waals surface area contributed by atoms with Gasteiger partial charge >= 0.3 is 6.18 Å². The number of rotatable bonds is 6. The first kappa shape index (κ1) is 18.8. The van der Waals surface area contributed by atoms with Crippen molar-refractivity contribution in [2.75, 3.05) is 10.6 Å². The van der Waals surface area contributed by atoms with Gasteiger partial charge in [-0.25, -0.2) is 4.98 Å². The minimum absolute atomic E-state index is 0.0113. The average Bonchev–Trinajstić information content (AvgIpc) is 3.40. The molecule has 4 nitrogen and oxygen atoms in total. The first-order valence-corrected chi connectivity index (χ1v) is 8.94. The molecule has 140 valence electrons. The molecule has 0 amide bonds. The summed E-state index contributed by atoms with van der Waals surface area (Å²) in [6.07, 6.45) is -1.59. The van der Waals surface area contributed by atoms with Crippen molar-refractivity contribution in [3.05, 3.63) is 40.5 Å². The van der Waals surface area contributed by atoms with E-state index < -0.39 is 11.7 Å². The van der Waals surface area contributed by atoms with Crippen LogP contribution in [-0.2, 0) is 6.18 Å². The van der Waals surface area contributed by atoms with Crippen LogP contribution >= 0.6 is 11.6 Å². The molecule has 1 fully saturated rings. The zero-order valence-corrected chi connectivity index (χ0v) is 15.2. The molecule has 1 saturated carbocycles. The second-order valence-electron chi connectivity index (χ2n) is 6.51. The minimum atomic E-state index is -4.52. The maximum absolute atomic E-state index is 13.3. The molecule has 26 heavy (non-hydrogen) atoms. The second kappa shape index (κ2) is 7.31. The summed E-state index contributed by atoms with van der Waals surface area (Å²) in [5.41, 5.74) is -0.196. The molecule has 1 aliphatic carbocycles. The maximum Gasteiger partial charge on any atom is 0.418 e. The highest BCUT2D eigenvalue weighted by atomic mass is 35.5. The van der Waals surface area contributed by atoms with Crippen molar-refractivity contribution in [3.8, 4) is 0 Å². The number of hydrogen-bond donors (Lipinski definition) is 2. The van der Waals surface area contributed by atoms with E-state index in [0.29, 0.717) is 17.7 Å². The number of para-hydroxylation sites is 1.